The molecular formula is C23H26N4O4. The van der Waals surface area contributed by atoms with E-state index in [2.05, 4.69) is 10.3 Å². The van der Waals surface area contributed by atoms with Crippen molar-refractivity contribution in [3.63, 3.8) is 0 Å². The summed E-state index contributed by atoms with van der Waals surface area (Å²) in [4.78, 5) is 43.8. The van der Waals surface area contributed by atoms with E-state index in [4.69, 9.17) is 4.74 Å². The van der Waals surface area contributed by atoms with Crippen molar-refractivity contribution in [2.75, 3.05) is 20.2 Å². The van der Waals surface area contributed by atoms with Gasteiger partial charge in [0.1, 0.15) is 17.1 Å². The Morgan fingerprint density at radius 2 is 2.13 bits per heavy atom. The lowest BCUT2D eigenvalue weighted by Gasteiger charge is -2.22. The van der Waals surface area contributed by atoms with Crippen LogP contribution >= 0.6 is 0 Å². The number of nitrogens with one attached hydrogen (secondary N) is 1. The number of likely N-dealkylation sites (tertiary alicyclic amines) is 1. The first-order valence-electron chi connectivity index (χ1n) is 10.8. The molecular weight excluding hydrogens is 396 g/mol. The topological polar surface area (TPSA) is 93.5 Å². The monoisotopic (exact) mass is 422 g/mol. The molecule has 0 radical (unpaired) electrons. The van der Waals surface area contributed by atoms with Gasteiger partial charge in [-0.15, -0.1) is 0 Å². The summed E-state index contributed by atoms with van der Waals surface area (Å²) in [6.45, 7) is 2.44. The summed E-state index contributed by atoms with van der Waals surface area (Å²) in [6, 6.07) is 7.41. The number of nitrogens with zero attached hydrogens (tertiary/aromatic N) is 3. The fraction of sp³-hybridized carbons (Fsp3) is 0.478. The van der Waals surface area contributed by atoms with Crippen LogP contribution in [0, 0.1) is 11.3 Å². The molecule has 1 saturated carbocycles. The summed E-state index contributed by atoms with van der Waals surface area (Å²) in [7, 11) is 1.59. The Bertz CT molecular complexity index is 1110. The molecule has 162 valence electrons. The molecule has 1 spiro atoms. The predicted molar refractivity (Wildman–Crippen MR) is 113 cm³/mol. The highest BCUT2D eigenvalue weighted by atomic mass is 16.5. The summed E-state index contributed by atoms with van der Waals surface area (Å²) in [6.07, 6.45) is 5.22. The molecule has 3 aliphatic rings. The number of fused-ring (bicyclic) bond motifs is 1. The van der Waals surface area contributed by atoms with Crippen molar-refractivity contribution in [2.24, 2.45) is 11.3 Å². The zero-order valence-corrected chi connectivity index (χ0v) is 17.6. The Morgan fingerprint density at radius 3 is 2.90 bits per heavy atom. The Hall–Kier alpha value is -3.16. The predicted octanol–water partition coefficient (Wildman–Crippen LogP) is 1.37. The van der Waals surface area contributed by atoms with Gasteiger partial charge in [-0.1, -0.05) is 12.1 Å². The molecule has 2 amide bonds. The van der Waals surface area contributed by atoms with Crippen LogP contribution in [-0.4, -0.2) is 46.5 Å². The van der Waals surface area contributed by atoms with Gasteiger partial charge in [0.2, 0.25) is 5.91 Å². The SMILES string of the molecule is COc1cccc(CNC(=O)c2cn3c(nc2=O)C[C@]2(CCN(C(=O)C4CC4)C2)C3)c1. The van der Waals surface area contributed by atoms with Crippen molar-refractivity contribution in [3.8, 4) is 5.75 Å². The van der Waals surface area contributed by atoms with Crippen LogP contribution in [0.4, 0.5) is 0 Å². The van der Waals surface area contributed by atoms with Gasteiger partial charge in [-0.25, -0.2) is 0 Å². The van der Waals surface area contributed by atoms with Crippen molar-refractivity contribution in [2.45, 2.75) is 38.8 Å². The van der Waals surface area contributed by atoms with Gasteiger partial charge in [0.15, 0.2) is 0 Å². The molecule has 5 rings (SSSR count). The standard InChI is InChI=1S/C23H26N4O4/c1-31-17-4-2-3-15(9-17)11-24-20(28)18-12-27-14-23(10-19(27)25-21(18)29)7-8-26(13-23)22(30)16-5-6-16/h2-4,9,12,16H,5-8,10-11,13-14H2,1H3,(H,24,28)/t23-/m0/s1. The van der Waals surface area contributed by atoms with Gasteiger partial charge in [0, 0.05) is 50.1 Å². The van der Waals surface area contributed by atoms with Crippen LogP contribution in [0.25, 0.3) is 0 Å². The van der Waals surface area contributed by atoms with Gasteiger partial charge in [-0.2, -0.15) is 4.98 Å². The number of hydrogen-bond donors (Lipinski definition) is 1. The number of ether oxygens (including phenoxy) is 1. The van der Waals surface area contributed by atoms with Crippen LogP contribution in [0.2, 0.25) is 0 Å². The normalized spacial score (nSPS) is 21.9. The second kappa shape index (κ2) is 7.51. The Kier molecular flexibility index (Phi) is 4.79. The number of hydrogen-bond acceptors (Lipinski definition) is 5. The summed E-state index contributed by atoms with van der Waals surface area (Å²) < 4.78 is 7.12. The number of carbonyl (C=O) groups is 2. The Labute approximate surface area is 180 Å². The highest BCUT2D eigenvalue weighted by Gasteiger charge is 2.47. The summed E-state index contributed by atoms with van der Waals surface area (Å²) in [5.74, 6) is 1.47. The molecule has 8 heteroatoms. The molecule has 8 nitrogen and oxygen atoms in total. The van der Waals surface area contributed by atoms with E-state index in [0.29, 0.717) is 37.6 Å². The summed E-state index contributed by atoms with van der Waals surface area (Å²) in [5, 5.41) is 2.80. The molecule has 31 heavy (non-hydrogen) atoms. The molecule has 1 aliphatic carbocycles. The first-order valence-corrected chi connectivity index (χ1v) is 10.8. The number of benzene rings is 1. The van der Waals surface area contributed by atoms with E-state index in [9.17, 15) is 14.4 Å². The molecule has 0 bridgehead atoms. The number of rotatable bonds is 5. The molecule has 3 heterocycles. The minimum Gasteiger partial charge on any atom is -0.497 e. The van der Waals surface area contributed by atoms with Gasteiger partial charge in [-0.3, -0.25) is 14.4 Å². The van der Waals surface area contributed by atoms with Crippen LogP contribution in [-0.2, 0) is 24.3 Å². The second-order valence-corrected chi connectivity index (χ2v) is 9.00. The average molecular weight is 422 g/mol. The van der Waals surface area contributed by atoms with Crippen molar-refractivity contribution in [3.05, 3.63) is 57.8 Å². The van der Waals surface area contributed by atoms with E-state index in [-0.39, 0.29) is 22.8 Å². The lowest BCUT2D eigenvalue weighted by molar-refractivity contribution is -0.131. The fourth-order valence-corrected chi connectivity index (χ4v) is 4.76. The molecule has 2 aliphatic heterocycles. The zero-order chi connectivity index (χ0) is 21.6. The van der Waals surface area contributed by atoms with Crippen LogP contribution in [0.3, 0.4) is 0 Å². The van der Waals surface area contributed by atoms with Crippen LogP contribution in [0.15, 0.2) is 35.3 Å². The van der Waals surface area contributed by atoms with Crippen molar-refractivity contribution in [1.82, 2.24) is 19.8 Å². The van der Waals surface area contributed by atoms with E-state index in [1.807, 2.05) is 33.7 Å². The van der Waals surface area contributed by atoms with E-state index in [1.54, 1.807) is 13.3 Å². The molecule has 2 aromatic rings. The van der Waals surface area contributed by atoms with E-state index in [1.165, 1.54) is 0 Å². The van der Waals surface area contributed by atoms with Crippen LogP contribution in [0.5, 0.6) is 5.75 Å². The maximum Gasteiger partial charge on any atom is 0.285 e. The number of amides is 2. The van der Waals surface area contributed by atoms with Gasteiger partial charge in [0.05, 0.1) is 7.11 Å². The maximum atomic E-state index is 12.7. The number of aromatic nitrogens is 2. The quantitative estimate of drug-likeness (QED) is 0.786. The van der Waals surface area contributed by atoms with E-state index in [0.717, 1.165) is 31.4 Å². The highest BCUT2D eigenvalue weighted by Crippen LogP contribution is 2.42. The van der Waals surface area contributed by atoms with E-state index >= 15 is 0 Å². The van der Waals surface area contributed by atoms with Crippen molar-refractivity contribution < 1.29 is 14.3 Å². The molecule has 1 aromatic carbocycles. The number of methoxy groups -OCH3 is 1. The van der Waals surface area contributed by atoms with Gasteiger partial charge < -0.3 is 19.5 Å². The van der Waals surface area contributed by atoms with Crippen molar-refractivity contribution in [1.29, 1.82) is 0 Å². The minimum absolute atomic E-state index is 0.0487. The fourth-order valence-electron chi connectivity index (χ4n) is 4.76. The highest BCUT2D eigenvalue weighted by molar-refractivity contribution is 5.93. The lowest BCUT2D eigenvalue weighted by Crippen LogP contribution is -2.33. The lowest BCUT2D eigenvalue weighted by atomic mass is 9.86. The number of carbonyl (C=O) groups excluding carboxylic acids is 2. The van der Waals surface area contributed by atoms with Crippen molar-refractivity contribution >= 4 is 11.8 Å². The summed E-state index contributed by atoms with van der Waals surface area (Å²) >= 11 is 0. The molecule has 1 N–H and O–H groups in total. The molecule has 1 saturated heterocycles. The largest absolute Gasteiger partial charge is 0.497 e. The first-order chi connectivity index (χ1) is 15.0. The molecule has 0 unspecified atom stereocenters. The maximum absolute atomic E-state index is 12.7. The minimum atomic E-state index is -0.504. The third-order valence-corrected chi connectivity index (χ3v) is 6.62. The Morgan fingerprint density at radius 1 is 1.29 bits per heavy atom. The molecule has 2 fully saturated rings. The van der Waals surface area contributed by atoms with Crippen LogP contribution < -0.4 is 15.6 Å². The van der Waals surface area contributed by atoms with E-state index < -0.39 is 11.5 Å². The van der Waals surface area contributed by atoms with Gasteiger partial charge in [0.25, 0.3) is 11.5 Å². The molecule has 1 atom stereocenters. The Balaban J connectivity index is 1.28. The first kappa shape index (κ1) is 19.8. The molecule has 1 aromatic heterocycles. The zero-order valence-electron chi connectivity index (χ0n) is 17.6. The smallest absolute Gasteiger partial charge is 0.285 e. The van der Waals surface area contributed by atoms with Gasteiger partial charge in [-0.05, 0) is 37.0 Å². The van der Waals surface area contributed by atoms with Gasteiger partial charge >= 0.3 is 0 Å². The average Bonchev–Trinajstić information content (AvgIpc) is 3.46. The third-order valence-electron chi connectivity index (χ3n) is 6.62. The second-order valence-electron chi connectivity index (χ2n) is 9.00. The summed E-state index contributed by atoms with van der Waals surface area (Å²) in [5.41, 5.74) is 0.349. The third kappa shape index (κ3) is 3.82. The van der Waals surface area contributed by atoms with Crippen LogP contribution in [0.1, 0.15) is 41.0 Å².